The second kappa shape index (κ2) is 6.99. The van der Waals surface area contributed by atoms with Crippen molar-refractivity contribution in [1.82, 2.24) is 24.9 Å². The summed E-state index contributed by atoms with van der Waals surface area (Å²) in [7, 11) is 1.79. The molecule has 0 fully saturated rings. The van der Waals surface area contributed by atoms with Crippen molar-refractivity contribution in [2.45, 2.75) is 24.0 Å². The molecular formula is C12H17N7S. The summed E-state index contributed by atoms with van der Waals surface area (Å²) in [5.74, 6) is 1.22. The third-order valence-electron chi connectivity index (χ3n) is 2.61. The molecule has 106 valence electrons. The molecule has 20 heavy (non-hydrogen) atoms. The normalized spacial score (nSPS) is 10.3. The van der Waals surface area contributed by atoms with E-state index in [-0.39, 0.29) is 0 Å². The third-order valence-corrected chi connectivity index (χ3v) is 3.39. The third kappa shape index (κ3) is 3.53. The summed E-state index contributed by atoms with van der Waals surface area (Å²) < 4.78 is 0. The largest absolute Gasteiger partial charge is 0.357 e. The Labute approximate surface area is 122 Å². The quantitative estimate of drug-likeness (QED) is 0.861. The second-order valence-electron chi connectivity index (χ2n) is 3.81. The van der Waals surface area contributed by atoms with Crippen LogP contribution in [0.3, 0.4) is 0 Å². The molecule has 0 aromatic carbocycles. The Hall–Kier alpha value is -1.96. The van der Waals surface area contributed by atoms with Gasteiger partial charge >= 0.3 is 0 Å². The first-order valence-corrected chi connectivity index (χ1v) is 7.21. The van der Waals surface area contributed by atoms with Gasteiger partial charge in [0.2, 0.25) is 17.1 Å². The first kappa shape index (κ1) is 14.4. The van der Waals surface area contributed by atoms with Gasteiger partial charge in [-0.2, -0.15) is 15.0 Å². The molecule has 7 nitrogen and oxygen atoms in total. The van der Waals surface area contributed by atoms with E-state index < -0.39 is 0 Å². The lowest BCUT2D eigenvalue weighted by atomic mass is 10.5. The van der Waals surface area contributed by atoms with Crippen LogP contribution in [0.25, 0.3) is 0 Å². The average Bonchev–Trinajstić information content (AvgIpc) is 2.49. The zero-order valence-electron chi connectivity index (χ0n) is 11.7. The van der Waals surface area contributed by atoms with Gasteiger partial charge < -0.3 is 10.2 Å². The molecule has 2 rings (SSSR count). The van der Waals surface area contributed by atoms with Gasteiger partial charge in [-0.15, -0.1) is 0 Å². The maximum Gasteiger partial charge on any atom is 0.231 e. The summed E-state index contributed by atoms with van der Waals surface area (Å²) in [6.45, 7) is 5.83. The predicted molar refractivity (Wildman–Crippen MR) is 79.1 cm³/mol. The summed E-state index contributed by atoms with van der Waals surface area (Å²) in [5.41, 5.74) is 0. The lowest BCUT2D eigenvalue weighted by Crippen LogP contribution is -2.25. The molecule has 0 aliphatic rings. The summed E-state index contributed by atoms with van der Waals surface area (Å²) in [6.07, 6.45) is 4.97. The van der Waals surface area contributed by atoms with E-state index in [9.17, 15) is 0 Å². The fourth-order valence-corrected chi connectivity index (χ4v) is 2.26. The Bertz CT molecular complexity index is 545. The van der Waals surface area contributed by atoms with E-state index in [1.165, 1.54) is 11.8 Å². The van der Waals surface area contributed by atoms with Crippen molar-refractivity contribution in [2.24, 2.45) is 0 Å². The van der Waals surface area contributed by atoms with Gasteiger partial charge in [-0.05, 0) is 25.6 Å². The van der Waals surface area contributed by atoms with Crippen LogP contribution in [-0.4, -0.2) is 45.1 Å². The van der Waals surface area contributed by atoms with E-state index in [1.54, 1.807) is 25.6 Å². The molecular weight excluding hydrogens is 274 g/mol. The van der Waals surface area contributed by atoms with Crippen molar-refractivity contribution >= 4 is 23.7 Å². The topological polar surface area (TPSA) is 79.7 Å². The molecule has 0 atom stereocenters. The van der Waals surface area contributed by atoms with Crippen LogP contribution in [0.4, 0.5) is 11.9 Å². The van der Waals surface area contributed by atoms with Gasteiger partial charge in [0.15, 0.2) is 0 Å². The van der Waals surface area contributed by atoms with E-state index in [1.807, 2.05) is 0 Å². The molecule has 8 heteroatoms. The molecule has 0 amide bonds. The van der Waals surface area contributed by atoms with E-state index >= 15 is 0 Å². The zero-order valence-corrected chi connectivity index (χ0v) is 12.6. The number of hydrogen-bond acceptors (Lipinski definition) is 8. The molecule has 0 saturated heterocycles. The Balaban J connectivity index is 2.30. The minimum atomic E-state index is 0.549. The van der Waals surface area contributed by atoms with Crippen LogP contribution < -0.4 is 10.2 Å². The molecule has 2 aromatic heterocycles. The first-order chi connectivity index (χ1) is 9.76. The minimum Gasteiger partial charge on any atom is -0.357 e. The van der Waals surface area contributed by atoms with Crippen molar-refractivity contribution in [3.05, 3.63) is 18.6 Å². The summed E-state index contributed by atoms with van der Waals surface area (Å²) in [5, 5.41) is 4.32. The van der Waals surface area contributed by atoms with Gasteiger partial charge in [0.1, 0.15) is 5.03 Å². The lowest BCUT2D eigenvalue weighted by molar-refractivity contribution is 0.784. The molecule has 0 radical (unpaired) electrons. The number of hydrogen-bond donors (Lipinski definition) is 1. The highest BCUT2D eigenvalue weighted by Crippen LogP contribution is 2.24. The standard InChI is InChI=1S/C12H17N7S/c1-4-19(5-2)11-16-10(13-3)17-12(18-11)20-9-8-14-6-7-15-9/h6-8H,4-5H2,1-3H3,(H,13,16,17,18). The molecule has 0 aliphatic carbocycles. The van der Waals surface area contributed by atoms with Crippen LogP contribution in [0, 0.1) is 0 Å². The van der Waals surface area contributed by atoms with Crippen LogP contribution in [0.15, 0.2) is 28.8 Å². The molecule has 2 heterocycles. The molecule has 1 N–H and O–H groups in total. The fraction of sp³-hybridized carbons (Fsp3) is 0.417. The van der Waals surface area contributed by atoms with E-state index in [0.717, 1.165) is 18.1 Å². The van der Waals surface area contributed by atoms with Crippen molar-refractivity contribution in [3.8, 4) is 0 Å². The summed E-state index contributed by atoms with van der Waals surface area (Å²) in [4.78, 5) is 23.5. The summed E-state index contributed by atoms with van der Waals surface area (Å²) >= 11 is 1.37. The summed E-state index contributed by atoms with van der Waals surface area (Å²) in [6, 6.07) is 0. The number of aromatic nitrogens is 5. The molecule has 0 aliphatic heterocycles. The second-order valence-corrected chi connectivity index (χ2v) is 4.80. The van der Waals surface area contributed by atoms with Gasteiger partial charge in [0.05, 0.1) is 6.20 Å². The Morgan fingerprint density at radius 3 is 2.55 bits per heavy atom. The molecule has 2 aromatic rings. The van der Waals surface area contributed by atoms with E-state index in [0.29, 0.717) is 17.1 Å². The first-order valence-electron chi connectivity index (χ1n) is 6.39. The Morgan fingerprint density at radius 1 is 1.15 bits per heavy atom. The number of nitrogens with zero attached hydrogens (tertiary/aromatic N) is 6. The number of nitrogens with one attached hydrogen (secondary N) is 1. The van der Waals surface area contributed by atoms with Crippen LogP contribution in [-0.2, 0) is 0 Å². The fourth-order valence-electron chi connectivity index (χ4n) is 1.58. The van der Waals surface area contributed by atoms with Crippen molar-refractivity contribution in [3.63, 3.8) is 0 Å². The monoisotopic (exact) mass is 291 g/mol. The predicted octanol–water partition coefficient (Wildman–Crippen LogP) is 1.70. The zero-order chi connectivity index (χ0) is 14.4. The highest BCUT2D eigenvalue weighted by molar-refractivity contribution is 7.99. The maximum atomic E-state index is 4.48. The van der Waals surface area contributed by atoms with Gasteiger partial charge in [0.25, 0.3) is 0 Å². The highest BCUT2D eigenvalue weighted by Gasteiger charge is 2.11. The van der Waals surface area contributed by atoms with Gasteiger partial charge in [-0.3, -0.25) is 4.98 Å². The van der Waals surface area contributed by atoms with Gasteiger partial charge in [-0.25, -0.2) is 4.98 Å². The van der Waals surface area contributed by atoms with Crippen molar-refractivity contribution in [1.29, 1.82) is 0 Å². The highest BCUT2D eigenvalue weighted by atomic mass is 32.2. The van der Waals surface area contributed by atoms with Crippen LogP contribution in [0.1, 0.15) is 13.8 Å². The lowest BCUT2D eigenvalue weighted by Gasteiger charge is -2.19. The van der Waals surface area contributed by atoms with Crippen LogP contribution >= 0.6 is 11.8 Å². The number of anilines is 2. The molecule has 0 unspecified atom stereocenters. The van der Waals surface area contributed by atoms with Gasteiger partial charge in [0, 0.05) is 32.5 Å². The minimum absolute atomic E-state index is 0.549. The van der Waals surface area contributed by atoms with Gasteiger partial charge in [-0.1, -0.05) is 0 Å². The van der Waals surface area contributed by atoms with Crippen LogP contribution in [0.5, 0.6) is 0 Å². The number of rotatable bonds is 6. The molecule has 0 spiro atoms. The Morgan fingerprint density at radius 2 is 1.95 bits per heavy atom. The molecule has 0 bridgehead atoms. The van der Waals surface area contributed by atoms with E-state index in [2.05, 4.69) is 49.0 Å². The smallest absolute Gasteiger partial charge is 0.231 e. The van der Waals surface area contributed by atoms with E-state index in [4.69, 9.17) is 0 Å². The maximum absolute atomic E-state index is 4.48. The SMILES string of the molecule is CCN(CC)c1nc(NC)nc(Sc2cnccn2)n1. The average molecular weight is 291 g/mol. The Kier molecular flexibility index (Phi) is 5.05. The van der Waals surface area contributed by atoms with Crippen molar-refractivity contribution < 1.29 is 0 Å². The molecule has 0 saturated carbocycles. The van der Waals surface area contributed by atoms with Crippen LogP contribution in [0.2, 0.25) is 0 Å². The van der Waals surface area contributed by atoms with Crippen molar-refractivity contribution in [2.75, 3.05) is 30.4 Å².